The predicted molar refractivity (Wildman–Crippen MR) is 83.5 cm³/mol. The molecule has 0 aromatic carbocycles. The molecular formula is C17H35NO. The Morgan fingerprint density at radius 1 is 1.26 bits per heavy atom. The lowest BCUT2D eigenvalue weighted by atomic mass is 9.71. The number of nitrogens with one attached hydrogen (secondary N) is 1. The Bertz CT molecular complexity index is 239. The Balaban J connectivity index is 2.18. The molecule has 1 N–H and O–H groups in total. The lowest BCUT2D eigenvalue weighted by molar-refractivity contribution is -0.0575. The van der Waals surface area contributed by atoms with Gasteiger partial charge in [0.25, 0.3) is 0 Å². The SMILES string of the molecule is CCCCCNCC(C)OC1CC(C)CC(C)(C)C1. The van der Waals surface area contributed by atoms with Crippen LogP contribution in [-0.4, -0.2) is 25.3 Å². The van der Waals surface area contributed by atoms with Gasteiger partial charge in [0, 0.05) is 6.54 Å². The van der Waals surface area contributed by atoms with E-state index in [0.717, 1.165) is 19.0 Å². The zero-order chi connectivity index (χ0) is 14.3. The molecule has 0 bridgehead atoms. The second-order valence-corrected chi connectivity index (χ2v) is 7.39. The van der Waals surface area contributed by atoms with Crippen molar-refractivity contribution in [1.29, 1.82) is 0 Å². The molecule has 1 rings (SSSR count). The molecule has 0 aliphatic heterocycles. The number of unbranched alkanes of at least 4 members (excludes halogenated alkanes) is 2. The number of hydrogen-bond acceptors (Lipinski definition) is 2. The summed E-state index contributed by atoms with van der Waals surface area (Å²) in [4.78, 5) is 0. The molecule has 0 radical (unpaired) electrons. The quantitative estimate of drug-likeness (QED) is 0.660. The third-order valence-corrected chi connectivity index (χ3v) is 4.16. The van der Waals surface area contributed by atoms with Gasteiger partial charge in [0.1, 0.15) is 0 Å². The predicted octanol–water partition coefficient (Wildman–Crippen LogP) is 4.39. The van der Waals surface area contributed by atoms with Crippen LogP contribution in [0, 0.1) is 11.3 Å². The van der Waals surface area contributed by atoms with Crippen LogP contribution in [-0.2, 0) is 4.74 Å². The van der Waals surface area contributed by atoms with Crippen molar-refractivity contribution in [1.82, 2.24) is 5.32 Å². The monoisotopic (exact) mass is 269 g/mol. The number of ether oxygens (including phenoxy) is 1. The van der Waals surface area contributed by atoms with Crippen LogP contribution in [0.4, 0.5) is 0 Å². The minimum absolute atomic E-state index is 0.340. The molecule has 0 saturated heterocycles. The summed E-state index contributed by atoms with van der Waals surface area (Å²) >= 11 is 0. The van der Waals surface area contributed by atoms with Gasteiger partial charge in [-0.1, -0.05) is 40.5 Å². The Labute approximate surface area is 120 Å². The van der Waals surface area contributed by atoms with Gasteiger partial charge in [0.15, 0.2) is 0 Å². The van der Waals surface area contributed by atoms with Crippen molar-refractivity contribution in [3.05, 3.63) is 0 Å². The van der Waals surface area contributed by atoms with E-state index in [-0.39, 0.29) is 0 Å². The van der Waals surface area contributed by atoms with E-state index < -0.39 is 0 Å². The lowest BCUT2D eigenvalue weighted by Crippen LogP contribution is -2.37. The third-order valence-electron chi connectivity index (χ3n) is 4.16. The van der Waals surface area contributed by atoms with Gasteiger partial charge in [-0.15, -0.1) is 0 Å². The summed E-state index contributed by atoms with van der Waals surface area (Å²) in [5.41, 5.74) is 0.455. The highest BCUT2D eigenvalue weighted by Crippen LogP contribution is 2.39. The Kier molecular flexibility index (Phi) is 7.38. The molecule has 0 aromatic rings. The van der Waals surface area contributed by atoms with Crippen LogP contribution >= 0.6 is 0 Å². The van der Waals surface area contributed by atoms with E-state index in [1.54, 1.807) is 0 Å². The van der Waals surface area contributed by atoms with Crippen molar-refractivity contribution in [2.45, 2.75) is 85.4 Å². The first kappa shape index (κ1) is 17.0. The highest BCUT2D eigenvalue weighted by Gasteiger charge is 2.33. The van der Waals surface area contributed by atoms with E-state index in [1.807, 2.05) is 0 Å². The summed E-state index contributed by atoms with van der Waals surface area (Å²) in [5, 5.41) is 3.52. The maximum atomic E-state index is 6.24. The zero-order valence-electron chi connectivity index (χ0n) is 13.8. The van der Waals surface area contributed by atoms with Crippen molar-refractivity contribution in [2.24, 2.45) is 11.3 Å². The summed E-state index contributed by atoms with van der Waals surface area (Å²) in [6, 6.07) is 0. The molecule has 0 aromatic heterocycles. The van der Waals surface area contributed by atoms with Crippen LogP contribution in [0.15, 0.2) is 0 Å². The van der Waals surface area contributed by atoms with E-state index >= 15 is 0 Å². The van der Waals surface area contributed by atoms with Crippen molar-refractivity contribution in [3.63, 3.8) is 0 Å². The minimum Gasteiger partial charge on any atom is -0.374 e. The van der Waals surface area contributed by atoms with Crippen LogP contribution in [0.2, 0.25) is 0 Å². The maximum absolute atomic E-state index is 6.24. The molecule has 1 fully saturated rings. The average molecular weight is 269 g/mol. The zero-order valence-corrected chi connectivity index (χ0v) is 13.8. The molecule has 3 unspecified atom stereocenters. The molecule has 0 amide bonds. The van der Waals surface area contributed by atoms with E-state index in [0.29, 0.717) is 17.6 Å². The van der Waals surface area contributed by atoms with Crippen LogP contribution in [0.5, 0.6) is 0 Å². The fourth-order valence-corrected chi connectivity index (χ4v) is 3.54. The van der Waals surface area contributed by atoms with Crippen molar-refractivity contribution in [3.8, 4) is 0 Å². The van der Waals surface area contributed by atoms with Gasteiger partial charge in [-0.05, 0) is 50.5 Å². The molecular weight excluding hydrogens is 234 g/mol. The summed E-state index contributed by atoms with van der Waals surface area (Å²) in [6.07, 6.45) is 8.52. The smallest absolute Gasteiger partial charge is 0.0675 e. The molecule has 0 spiro atoms. The molecule has 1 saturated carbocycles. The molecule has 2 nitrogen and oxygen atoms in total. The average Bonchev–Trinajstić information content (AvgIpc) is 2.25. The first-order valence-electron chi connectivity index (χ1n) is 8.29. The van der Waals surface area contributed by atoms with E-state index in [1.165, 1.54) is 38.5 Å². The van der Waals surface area contributed by atoms with Gasteiger partial charge >= 0.3 is 0 Å². The van der Waals surface area contributed by atoms with Gasteiger partial charge in [0.2, 0.25) is 0 Å². The van der Waals surface area contributed by atoms with E-state index in [4.69, 9.17) is 4.74 Å². The maximum Gasteiger partial charge on any atom is 0.0675 e. The Hall–Kier alpha value is -0.0800. The minimum atomic E-state index is 0.340. The standard InChI is InChI=1S/C17H35NO/c1-6-7-8-9-18-13-15(3)19-16-10-14(2)11-17(4,5)12-16/h14-16,18H,6-13H2,1-5H3. The van der Waals surface area contributed by atoms with Crippen LogP contribution in [0.1, 0.15) is 73.1 Å². The fraction of sp³-hybridized carbons (Fsp3) is 1.00. The van der Waals surface area contributed by atoms with E-state index in [2.05, 4.69) is 39.9 Å². The van der Waals surface area contributed by atoms with Gasteiger partial charge in [-0.25, -0.2) is 0 Å². The van der Waals surface area contributed by atoms with Crippen LogP contribution in [0.25, 0.3) is 0 Å². The van der Waals surface area contributed by atoms with Gasteiger partial charge < -0.3 is 10.1 Å². The molecule has 19 heavy (non-hydrogen) atoms. The highest BCUT2D eigenvalue weighted by atomic mass is 16.5. The number of hydrogen-bond donors (Lipinski definition) is 1. The summed E-state index contributed by atoms with van der Waals surface area (Å²) in [5.74, 6) is 0.804. The van der Waals surface area contributed by atoms with Gasteiger partial charge in [-0.2, -0.15) is 0 Å². The summed E-state index contributed by atoms with van der Waals surface area (Å²) in [6.45, 7) is 13.7. The lowest BCUT2D eigenvalue weighted by Gasteiger charge is -2.39. The molecule has 1 aliphatic carbocycles. The largest absolute Gasteiger partial charge is 0.374 e. The summed E-state index contributed by atoms with van der Waals surface area (Å²) < 4.78 is 6.24. The molecule has 2 heteroatoms. The van der Waals surface area contributed by atoms with Crippen molar-refractivity contribution in [2.75, 3.05) is 13.1 Å². The molecule has 0 heterocycles. The second-order valence-electron chi connectivity index (χ2n) is 7.39. The fourth-order valence-electron chi connectivity index (χ4n) is 3.54. The molecule has 1 aliphatic rings. The first-order valence-corrected chi connectivity index (χ1v) is 8.29. The Morgan fingerprint density at radius 3 is 2.63 bits per heavy atom. The van der Waals surface area contributed by atoms with E-state index in [9.17, 15) is 0 Å². The topological polar surface area (TPSA) is 21.3 Å². The van der Waals surface area contributed by atoms with Crippen molar-refractivity contribution >= 4 is 0 Å². The first-order chi connectivity index (χ1) is 8.93. The molecule has 3 atom stereocenters. The second kappa shape index (κ2) is 8.26. The summed E-state index contributed by atoms with van der Waals surface area (Å²) in [7, 11) is 0. The highest BCUT2D eigenvalue weighted by molar-refractivity contribution is 4.84. The Morgan fingerprint density at radius 2 is 2.00 bits per heavy atom. The van der Waals surface area contributed by atoms with Crippen LogP contribution < -0.4 is 5.32 Å². The molecule has 114 valence electrons. The van der Waals surface area contributed by atoms with Crippen LogP contribution in [0.3, 0.4) is 0 Å². The third kappa shape index (κ3) is 7.31. The normalized spacial score (nSPS) is 28.3. The van der Waals surface area contributed by atoms with Crippen molar-refractivity contribution < 1.29 is 4.74 Å². The number of rotatable bonds is 8. The van der Waals surface area contributed by atoms with Gasteiger partial charge in [-0.3, -0.25) is 0 Å². The van der Waals surface area contributed by atoms with Gasteiger partial charge in [0.05, 0.1) is 12.2 Å².